The molecule has 4 heteroatoms. The summed E-state index contributed by atoms with van der Waals surface area (Å²) in [5, 5.41) is 0. The average molecular weight is 416 g/mol. The zero-order valence-corrected chi connectivity index (χ0v) is 16.2. The second kappa shape index (κ2) is 6.10. The van der Waals surface area contributed by atoms with Crippen molar-refractivity contribution in [2.24, 2.45) is 0 Å². The maximum absolute atomic E-state index is 5.91. The Balaban J connectivity index is 1.79. The second-order valence-electron chi connectivity index (χ2n) is 6.95. The van der Waals surface area contributed by atoms with Crippen molar-refractivity contribution in [2.75, 3.05) is 5.73 Å². The minimum atomic E-state index is -0.334. The molecule has 0 bridgehead atoms. The number of rotatable bonds is 3. The van der Waals surface area contributed by atoms with Crippen LogP contribution < -0.4 is 5.73 Å². The van der Waals surface area contributed by atoms with E-state index in [0.717, 1.165) is 22.4 Å². The predicted octanol–water partition coefficient (Wildman–Crippen LogP) is 5.24. The second-order valence-corrected chi connectivity index (χ2v) is 7.87. The number of benzene rings is 3. The summed E-state index contributed by atoms with van der Waals surface area (Å²) >= 11 is 3.57. The van der Waals surface area contributed by atoms with E-state index in [4.69, 9.17) is 5.73 Å². The van der Waals surface area contributed by atoms with E-state index in [1.54, 1.807) is 0 Å². The van der Waals surface area contributed by atoms with Crippen LogP contribution in [-0.2, 0) is 12.0 Å². The number of fused-ring (bicyclic) bond motifs is 3. The van der Waals surface area contributed by atoms with E-state index in [-0.39, 0.29) is 5.54 Å². The van der Waals surface area contributed by atoms with Gasteiger partial charge in [0, 0.05) is 34.5 Å². The summed E-state index contributed by atoms with van der Waals surface area (Å²) in [6.07, 6.45) is 4.81. The normalized spacial score (nSPS) is 17.5. The van der Waals surface area contributed by atoms with Crippen LogP contribution in [0.25, 0.3) is 11.4 Å². The molecule has 0 spiro atoms. The smallest absolute Gasteiger partial charge is 0.141 e. The quantitative estimate of drug-likeness (QED) is 0.464. The van der Waals surface area contributed by atoms with E-state index in [1.165, 1.54) is 22.3 Å². The van der Waals surface area contributed by atoms with Crippen molar-refractivity contribution in [3.8, 4) is 11.4 Å². The minimum Gasteiger partial charge on any atom is -0.399 e. The number of hydrogen-bond acceptors (Lipinski definition) is 2. The molecule has 3 aromatic carbocycles. The van der Waals surface area contributed by atoms with Crippen molar-refractivity contribution < 1.29 is 0 Å². The molecular formula is C23H18BrN3. The highest BCUT2D eigenvalue weighted by molar-refractivity contribution is 9.10. The van der Waals surface area contributed by atoms with Gasteiger partial charge in [0.05, 0.1) is 0 Å². The molecule has 27 heavy (non-hydrogen) atoms. The van der Waals surface area contributed by atoms with E-state index in [9.17, 15) is 0 Å². The number of nitrogen functional groups attached to an aromatic ring is 1. The van der Waals surface area contributed by atoms with E-state index in [0.29, 0.717) is 0 Å². The molecule has 1 unspecified atom stereocenters. The van der Waals surface area contributed by atoms with Crippen molar-refractivity contribution in [1.29, 1.82) is 0 Å². The predicted molar refractivity (Wildman–Crippen MR) is 113 cm³/mol. The number of halogens is 1. The fraction of sp³-hybridized carbons (Fsp3) is 0.0870. The third-order valence-electron chi connectivity index (χ3n) is 5.43. The molecule has 0 saturated carbocycles. The van der Waals surface area contributed by atoms with Crippen LogP contribution in [0.5, 0.6) is 0 Å². The summed E-state index contributed by atoms with van der Waals surface area (Å²) in [5.74, 6) is 1.02. The monoisotopic (exact) mass is 415 g/mol. The molecule has 4 aromatic rings. The molecule has 0 saturated heterocycles. The van der Waals surface area contributed by atoms with Crippen molar-refractivity contribution in [2.45, 2.75) is 12.0 Å². The summed E-state index contributed by atoms with van der Waals surface area (Å²) in [5.41, 5.74) is 11.3. The molecule has 0 fully saturated rings. The van der Waals surface area contributed by atoms with Crippen LogP contribution in [0.1, 0.15) is 16.7 Å². The van der Waals surface area contributed by atoms with E-state index >= 15 is 0 Å². The van der Waals surface area contributed by atoms with Crippen LogP contribution in [-0.4, -0.2) is 9.55 Å². The Morgan fingerprint density at radius 1 is 0.926 bits per heavy atom. The van der Waals surface area contributed by atoms with Crippen molar-refractivity contribution in [1.82, 2.24) is 9.55 Å². The lowest BCUT2D eigenvalue weighted by Gasteiger charge is -2.34. The molecular weight excluding hydrogens is 398 g/mol. The van der Waals surface area contributed by atoms with Crippen LogP contribution in [0.2, 0.25) is 0 Å². The molecule has 3 nitrogen and oxygen atoms in total. The zero-order chi connectivity index (χ0) is 18.4. The Morgan fingerprint density at radius 2 is 1.67 bits per heavy atom. The van der Waals surface area contributed by atoms with Crippen LogP contribution >= 0.6 is 15.9 Å². The Bertz CT molecular complexity index is 1110. The van der Waals surface area contributed by atoms with Crippen molar-refractivity contribution in [3.05, 3.63) is 106 Å². The van der Waals surface area contributed by atoms with E-state index in [2.05, 4.69) is 92.3 Å². The average Bonchev–Trinajstić information content (AvgIpc) is 3.27. The molecule has 2 N–H and O–H groups in total. The third kappa shape index (κ3) is 2.44. The van der Waals surface area contributed by atoms with Gasteiger partial charge in [0.2, 0.25) is 0 Å². The first-order valence-corrected chi connectivity index (χ1v) is 9.72. The highest BCUT2D eigenvalue weighted by Crippen LogP contribution is 2.48. The van der Waals surface area contributed by atoms with Crippen LogP contribution in [0.4, 0.5) is 5.69 Å². The first-order chi connectivity index (χ1) is 13.2. The lowest BCUT2D eigenvalue weighted by Crippen LogP contribution is -2.35. The first kappa shape index (κ1) is 16.3. The zero-order valence-electron chi connectivity index (χ0n) is 14.6. The summed E-state index contributed by atoms with van der Waals surface area (Å²) in [4.78, 5) is 4.67. The molecule has 0 aliphatic carbocycles. The molecule has 2 heterocycles. The maximum Gasteiger partial charge on any atom is 0.141 e. The number of anilines is 1. The lowest BCUT2D eigenvalue weighted by molar-refractivity contribution is 0.450. The van der Waals surface area contributed by atoms with Gasteiger partial charge in [-0.15, -0.1) is 0 Å². The number of nitrogens with two attached hydrogens (primary N) is 1. The molecule has 132 valence electrons. The Kier molecular flexibility index (Phi) is 3.69. The molecule has 1 aromatic heterocycles. The van der Waals surface area contributed by atoms with E-state index < -0.39 is 0 Å². The van der Waals surface area contributed by atoms with Gasteiger partial charge in [-0.2, -0.15) is 0 Å². The number of imidazole rings is 1. The van der Waals surface area contributed by atoms with E-state index in [1.807, 2.05) is 18.3 Å². The number of aromatic nitrogens is 2. The Hall–Kier alpha value is -2.85. The third-order valence-corrected chi connectivity index (χ3v) is 5.96. The van der Waals surface area contributed by atoms with Crippen molar-refractivity contribution in [3.63, 3.8) is 0 Å². The highest BCUT2D eigenvalue weighted by Gasteiger charge is 2.44. The fourth-order valence-electron chi connectivity index (χ4n) is 4.21. The number of hydrogen-bond donors (Lipinski definition) is 1. The molecule has 0 amide bonds. The summed E-state index contributed by atoms with van der Waals surface area (Å²) < 4.78 is 3.39. The van der Waals surface area contributed by atoms with Gasteiger partial charge >= 0.3 is 0 Å². The largest absolute Gasteiger partial charge is 0.399 e. The van der Waals surface area contributed by atoms with Crippen molar-refractivity contribution >= 4 is 21.6 Å². The minimum absolute atomic E-state index is 0.334. The fourth-order valence-corrected chi connectivity index (χ4v) is 4.48. The van der Waals surface area contributed by atoms with Gasteiger partial charge in [-0.1, -0.05) is 64.5 Å². The molecule has 1 aliphatic heterocycles. The maximum atomic E-state index is 5.91. The summed E-state index contributed by atoms with van der Waals surface area (Å²) in [7, 11) is 0. The van der Waals surface area contributed by atoms with Gasteiger partial charge in [0.1, 0.15) is 11.4 Å². The molecule has 5 rings (SSSR count). The van der Waals surface area contributed by atoms with Gasteiger partial charge in [0.15, 0.2) is 0 Å². The van der Waals surface area contributed by atoms with Gasteiger partial charge in [0.25, 0.3) is 0 Å². The van der Waals surface area contributed by atoms with Gasteiger partial charge in [-0.3, -0.25) is 0 Å². The first-order valence-electron chi connectivity index (χ1n) is 8.93. The molecule has 0 radical (unpaired) electrons. The lowest BCUT2D eigenvalue weighted by atomic mass is 9.78. The SMILES string of the molecule is Nc1ccc(CC2(c3ccc(Br)cc3)c3ccccc3-c3nccn32)cc1. The van der Waals surface area contributed by atoms with Crippen LogP contribution in [0, 0.1) is 0 Å². The summed E-state index contributed by atoms with van der Waals surface area (Å²) in [6.45, 7) is 0. The topological polar surface area (TPSA) is 43.8 Å². The van der Waals surface area contributed by atoms with Gasteiger partial charge < -0.3 is 10.3 Å². The summed E-state index contributed by atoms with van der Waals surface area (Å²) in [6, 6.07) is 25.4. The number of nitrogens with zero attached hydrogens (tertiary/aromatic N) is 2. The Labute approximate surface area is 166 Å². The molecule has 1 atom stereocenters. The van der Waals surface area contributed by atoms with Gasteiger partial charge in [-0.05, 0) is 41.0 Å². The van der Waals surface area contributed by atoms with Crippen LogP contribution in [0.3, 0.4) is 0 Å². The highest BCUT2D eigenvalue weighted by atomic mass is 79.9. The Morgan fingerprint density at radius 3 is 2.44 bits per heavy atom. The molecule has 1 aliphatic rings. The van der Waals surface area contributed by atoms with Crippen LogP contribution in [0.15, 0.2) is 89.7 Å². The van der Waals surface area contributed by atoms with Gasteiger partial charge in [-0.25, -0.2) is 4.98 Å². The standard InChI is InChI=1S/C23H18BrN3/c24-18-9-7-17(8-10-18)23(15-16-5-11-19(25)12-6-16)21-4-2-1-3-20(21)22-26-13-14-27(22)23/h1-14H,15,25H2.